The number of benzene rings is 2. The largest absolute Gasteiger partial charge is 0.451 e. The molecule has 0 spiro atoms. The number of hydrogen-bond donors (Lipinski definition) is 1. The smallest absolute Gasteiger partial charge is 0.338 e. The predicted octanol–water partition coefficient (Wildman–Crippen LogP) is 3.84. The molecule has 2 aromatic carbocycles. The number of nitrogens with one attached hydrogen (secondary N) is 1. The Balaban J connectivity index is 2.01. The second-order valence-electron chi connectivity index (χ2n) is 5.18. The van der Waals surface area contributed by atoms with Crippen LogP contribution in [0.2, 0.25) is 0 Å². The van der Waals surface area contributed by atoms with Crippen LogP contribution in [0.4, 0.5) is 5.69 Å². The summed E-state index contributed by atoms with van der Waals surface area (Å²) in [7, 11) is 0. The quantitative estimate of drug-likeness (QED) is 0.622. The fourth-order valence-corrected chi connectivity index (χ4v) is 2.29. The molecule has 2 rings (SSSR count). The fraction of sp³-hybridized carbons (Fsp3) is 0.167. The molecule has 24 heavy (non-hydrogen) atoms. The minimum Gasteiger partial charge on any atom is -0.451 e. The molecule has 1 amide bonds. The summed E-state index contributed by atoms with van der Waals surface area (Å²) < 4.78 is 6.08. The first-order valence-corrected chi connectivity index (χ1v) is 8.04. The number of Topliss-reactive ketones (excluding diaryl/α,β-unsaturated/α-hetero) is 1. The van der Waals surface area contributed by atoms with E-state index >= 15 is 0 Å². The molecule has 0 radical (unpaired) electrons. The highest BCUT2D eigenvalue weighted by atomic mass is 79.9. The summed E-state index contributed by atoms with van der Waals surface area (Å²) in [4.78, 5) is 35.3. The van der Waals surface area contributed by atoms with Crippen LogP contribution in [0.5, 0.6) is 0 Å². The van der Waals surface area contributed by atoms with Gasteiger partial charge in [-0.05, 0) is 43.3 Å². The third-order valence-corrected chi connectivity index (χ3v) is 3.75. The van der Waals surface area contributed by atoms with Gasteiger partial charge in [0.05, 0.1) is 5.56 Å². The maximum atomic E-state index is 12.3. The minimum absolute atomic E-state index is 0.195. The van der Waals surface area contributed by atoms with E-state index in [0.717, 1.165) is 4.47 Å². The van der Waals surface area contributed by atoms with Crippen molar-refractivity contribution < 1.29 is 19.1 Å². The number of ether oxygens (including phenoxy) is 1. The molecule has 1 unspecified atom stereocenters. The van der Waals surface area contributed by atoms with E-state index < -0.39 is 12.1 Å². The zero-order valence-electron chi connectivity index (χ0n) is 13.2. The van der Waals surface area contributed by atoms with Crippen LogP contribution < -0.4 is 5.32 Å². The zero-order valence-corrected chi connectivity index (χ0v) is 14.8. The van der Waals surface area contributed by atoms with Crippen molar-refractivity contribution in [3.63, 3.8) is 0 Å². The second kappa shape index (κ2) is 7.88. The number of hydrogen-bond acceptors (Lipinski definition) is 4. The number of carbonyl (C=O) groups excluding carboxylic acids is 3. The second-order valence-corrected chi connectivity index (χ2v) is 6.09. The summed E-state index contributed by atoms with van der Waals surface area (Å²) in [6, 6.07) is 13.1. The maximum absolute atomic E-state index is 12.3. The summed E-state index contributed by atoms with van der Waals surface area (Å²) in [6.45, 7) is 2.94. The van der Waals surface area contributed by atoms with Gasteiger partial charge >= 0.3 is 5.97 Å². The lowest BCUT2D eigenvalue weighted by Crippen LogP contribution is -2.24. The van der Waals surface area contributed by atoms with E-state index in [4.69, 9.17) is 4.74 Å². The van der Waals surface area contributed by atoms with Crippen molar-refractivity contribution in [3.05, 3.63) is 64.1 Å². The molecule has 1 atom stereocenters. The maximum Gasteiger partial charge on any atom is 0.338 e. The van der Waals surface area contributed by atoms with Crippen LogP contribution in [-0.2, 0) is 9.53 Å². The highest BCUT2D eigenvalue weighted by molar-refractivity contribution is 9.10. The SMILES string of the molecule is CC(=O)Nc1ccc(C(=O)OC(C)C(=O)c2ccc(Br)cc2)cc1. The third kappa shape index (κ3) is 4.76. The van der Waals surface area contributed by atoms with E-state index in [1.54, 1.807) is 36.4 Å². The van der Waals surface area contributed by atoms with E-state index in [-0.39, 0.29) is 11.7 Å². The lowest BCUT2D eigenvalue weighted by atomic mass is 10.1. The first kappa shape index (κ1) is 17.9. The van der Waals surface area contributed by atoms with Gasteiger partial charge in [-0.1, -0.05) is 28.1 Å². The molecule has 6 heteroatoms. The molecule has 5 nitrogen and oxygen atoms in total. The molecule has 124 valence electrons. The Morgan fingerprint density at radius 3 is 2.04 bits per heavy atom. The summed E-state index contributed by atoms with van der Waals surface area (Å²) in [5.74, 6) is -1.06. The van der Waals surface area contributed by atoms with E-state index in [2.05, 4.69) is 21.2 Å². The lowest BCUT2D eigenvalue weighted by molar-refractivity contribution is -0.114. The zero-order chi connectivity index (χ0) is 17.7. The highest BCUT2D eigenvalue weighted by Gasteiger charge is 2.20. The van der Waals surface area contributed by atoms with Crippen LogP contribution in [0.25, 0.3) is 0 Å². The van der Waals surface area contributed by atoms with Crippen LogP contribution in [0, 0.1) is 0 Å². The monoisotopic (exact) mass is 389 g/mol. The van der Waals surface area contributed by atoms with Gasteiger partial charge in [-0.25, -0.2) is 4.79 Å². The third-order valence-electron chi connectivity index (χ3n) is 3.22. The number of carbonyl (C=O) groups is 3. The molecule has 0 aliphatic carbocycles. The first-order chi connectivity index (χ1) is 11.4. The molecule has 0 fully saturated rings. The molecular weight excluding hydrogens is 374 g/mol. The number of anilines is 1. The molecule has 0 saturated heterocycles. The number of rotatable bonds is 5. The van der Waals surface area contributed by atoms with Gasteiger partial charge in [0, 0.05) is 22.6 Å². The fourth-order valence-electron chi connectivity index (χ4n) is 2.02. The Labute approximate surface area is 148 Å². The molecule has 0 aromatic heterocycles. The lowest BCUT2D eigenvalue weighted by Gasteiger charge is -2.12. The standard InChI is InChI=1S/C18H16BrNO4/c1-11(17(22)13-3-7-15(19)8-4-13)24-18(23)14-5-9-16(10-6-14)20-12(2)21/h3-11H,1-2H3,(H,20,21). The van der Waals surface area contributed by atoms with Crippen molar-refractivity contribution in [2.75, 3.05) is 5.32 Å². The highest BCUT2D eigenvalue weighted by Crippen LogP contribution is 2.15. The van der Waals surface area contributed by atoms with Gasteiger partial charge < -0.3 is 10.1 Å². The number of amides is 1. The van der Waals surface area contributed by atoms with Gasteiger partial charge in [0.25, 0.3) is 0 Å². The Hall–Kier alpha value is -2.47. The van der Waals surface area contributed by atoms with Crippen LogP contribution >= 0.6 is 15.9 Å². The van der Waals surface area contributed by atoms with Gasteiger partial charge in [-0.2, -0.15) is 0 Å². The Morgan fingerprint density at radius 2 is 1.50 bits per heavy atom. The Kier molecular flexibility index (Phi) is 5.87. The Bertz CT molecular complexity index is 754. The molecule has 0 aliphatic heterocycles. The Morgan fingerprint density at radius 1 is 0.958 bits per heavy atom. The molecule has 0 saturated carbocycles. The summed E-state index contributed by atoms with van der Waals surface area (Å²) in [5, 5.41) is 2.61. The van der Waals surface area contributed by atoms with Gasteiger partial charge in [0.15, 0.2) is 6.10 Å². The van der Waals surface area contributed by atoms with Crippen molar-refractivity contribution in [3.8, 4) is 0 Å². The van der Waals surface area contributed by atoms with E-state index in [1.165, 1.54) is 26.0 Å². The molecule has 0 aliphatic rings. The average Bonchev–Trinajstić information content (AvgIpc) is 2.55. The number of ketones is 1. The van der Waals surface area contributed by atoms with Gasteiger partial charge in [-0.3, -0.25) is 9.59 Å². The van der Waals surface area contributed by atoms with Crippen LogP contribution in [0.1, 0.15) is 34.6 Å². The average molecular weight is 390 g/mol. The van der Waals surface area contributed by atoms with Gasteiger partial charge in [0.1, 0.15) is 0 Å². The van der Waals surface area contributed by atoms with Crippen molar-refractivity contribution >= 4 is 39.3 Å². The van der Waals surface area contributed by atoms with Crippen molar-refractivity contribution in [2.24, 2.45) is 0 Å². The van der Waals surface area contributed by atoms with Crippen molar-refractivity contribution in [2.45, 2.75) is 20.0 Å². The van der Waals surface area contributed by atoms with Gasteiger partial charge in [0.2, 0.25) is 11.7 Å². The van der Waals surface area contributed by atoms with E-state index in [1.807, 2.05) is 0 Å². The van der Waals surface area contributed by atoms with Crippen molar-refractivity contribution in [1.82, 2.24) is 0 Å². The van der Waals surface area contributed by atoms with E-state index in [9.17, 15) is 14.4 Å². The number of esters is 1. The topological polar surface area (TPSA) is 72.5 Å². The predicted molar refractivity (Wildman–Crippen MR) is 94.1 cm³/mol. The van der Waals surface area contributed by atoms with Crippen LogP contribution in [0.3, 0.4) is 0 Å². The van der Waals surface area contributed by atoms with E-state index in [0.29, 0.717) is 16.8 Å². The van der Waals surface area contributed by atoms with Crippen LogP contribution in [0.15, 0.2) is 53.0 Å². The molecule has 2 aromatic rings. The summed E-state index contributed by atoms with van der Waals surface area (Å²) >= 11 is 3.30. The molecule has 1 N–H and O–H groups in total. The number of halogens is 1. The first-order valence-electron chi connectivity index (χ1n) is 7.25. The van der Waals surface area contributed by atoms with Gasteiger partial charge in [-0.15, -0.1) is 0 Å². The molecule has 0 heterocycles. The summed E-state index contributed by atoms with van der Waals surface area (Å²) in [6.07, 6.45) is -0.895. The van der Waals surface area contributed by atoms with Crippen LogP contribution in [-0.4, -0.2) is 23.8 Å². The molecular formula is C18H16BrNO4. The molecule has 0 bridgehead atoms. The summed E-state index contributed by atoms with van der Waals surface area (Å²) in [5.41, 5.74) is 1.36. The minimum atomic E-state index is -0.895. The van der Waals surface area contributed by atoms with Crippen molar-refractivity contribution in [1.29, 1.82) is 0 Å². The normalized spacial score (nSPS) is 11.5.